The first-order valence-corrected chi connectivity index (χ1v) is 7.59. The van der Waals surface area contributed by atoms with Crippen molar-refractivity contribution < 1.29 is 5.11 Å². The average Bonchev–Trinajstić information content (AvgIpc) is 2.38. The molecule has 102 valence electrons. The molecule has 1 aliphatic heterocycles. The molecule has 0 aromatic rings. The summed E-state index contributed by atoms with van der Waals surface area (Å²) in [7, 11) is 0. The molecule has 2 saturated carbocycles. The molecule has 4 nitrogen and oxygen atoms in total. The van der Waals surface area contributed by atoms with Gasteiger partial charge in [-0.2, -0.15) is 0 Å². The molecule has 3 fully saturated rings. The lowest BCUT2D eigenvalue weighted by Gasteiger charge is -2.60. The number of nitrogens with one attached hydrogen (secondary N) is 1. The van der Waals surface area contributed by atoms with Crippen LogP contribution in [0.1, 0.15) is 57.8 Å². The fraction of sp³-hybridized carbons (Fsp3) is 0.923. The number of hydrazine groups is 1. The molecule has 0 bridgehead atoms. The largest absolute Gasteiger partial charge is 0.369 e. The van der Waals surface area contributed by atoms with E-state index in [0.29, 0.717) is 5.11 Å². The van der Waals surface area contributed by atoms with Crippen molar-refractivity contribution in [1.82, 2.24) is 10.3 Å². The number of fused-ring (bicyclic) bond motifs is 2. The third-order valence-electron chi connectivity index (χ3n) is 5.25. The van der Waals surface area contributed by atoms with Crippen LogP contribution in [-0.2, 0) is 0 Å². The van der Waals surface area contributed by atoms with Crippen LogP contribution in [0.25, 0.3) is 0 Å². The van der Waals surface area contributed by atoms with E-state index >= 15 is 0 Å². The Bertz CT molecular complexity index is 356. The highest BCUT2D eigenvalue weighted by Gasteiger charge is 2.58. The molecule has 4 N–H and O–H groups in total. The van der Waals surface area contributed by atoms with Crippen molar-refractivity contribution in [3.05, 3.63) is 0 Å². The van der Waals surface area contributed by atoms with Crippen molar-refractivity contribution in [3.8, 4) is 0 Å². The van der Waals surface area contributed by atoms with Crippen LogP contribution >= 0.6 is 12.2 Å². The van der Waals surface area contributed by atoms with Gasteiger partial charge in [0.25, 0.3) is 0 Å². The Morgan fingerprint density at radius 1 is 1.17 bits per heavy atom. The maximum absolute atomic E-state index is 11.0. The van der Waals surface area contributed by atoms with E-state index in [9.17, 15) is 5.11 Å². The predicted octanol–water partition coefficient (Wildman–Crippen LogP) is 1.63. The van der Waals surface area contributed by atoms with E-state index in [-0.39, 0.29) is 11.5 Å². The van der Waals surface area contributed by atoms with Gasteiger partial charge in [0.1, 0.15) is 0 Å². The summed E-state index contributed by atoms with van der Waals surface area (Å²) in [5.74, 6) is 6.26. The van der Waals surface area contributed by atoms with Crippen molar-refractivity contribution in [2.75, 3.05) is 0 Å². The minimum atomic E-state index is -0.919. The molecule has 18 heavy (non-hydrogen) atoms. The smallest absolute Gasteiger partial charge is 0.186 e. The number of nitrogens with zero attached hydrogens (tertiary/aromatic N) is 1. The molecular formula is C13H23N3OS. The summed E-state index contributed by atoms with van der Waals surface area (Å²) >= 11 is 5.35. The second kappa shape index (κ2) is 4.32. The van der Waals surface area contributed by atoms with E-state index in [1.165, 1.54) is 30.7 Å². The van der Waals surface area contributed by atoms with Gasteiger partial charge in [-0.1, -0.05) is 25.7 Å². The standard InChI is InChI=1S/C13H23N3OS/c14-16-11(18)15-12(7-3-1-4-8-12)10-6-2-5-9-13(10,16)17/h10,17H,1-9,14H2,(H,15,18)/t10-,13-/m0/s1. The molecule has 1 spiro atoms. The molecule has 1 heterocycles. The first kappa shape index (κ1) is 12.6. The summed E-state index contributed by atoms with van der Waals surface area (Å²) in [5.41, 5.74) is -0.918. The van der Waals surface area contributed by atoms with E-state index in [2.05, 4.69) is 5.32 Å². The fourth-order valence-corrected chi connectivity index (χ4v) is 4.70. The number of hydrogen-bond donors (Lipinski definition) is 3. The summed E-state index contributed by atoms with van der Waals surface area (Å²) in [5, 5.41) is 16.4. The third kappa shape index (κ3) is 1.67. The maximum atomic E-state index is 11.0. The molecular weight excluding hydrogens is 246 g/mol. The van der Waals surface area contributed by atoms with E-state index < -0.39 is 5.72 Å². The van der Waals surface area contributed by atoms with Gasteiger partial charge in [-0.15, -0.1) is 0 Å². The van der Waals surface area contributed by atoms with Crippen LogP contribution in [0.15, 0.2) is 0 Å². The fourth-order valence-electron chi connectivity index (χ4n) is 4.34. The van der Waals surface area contributed by atoms with E-state index in [4.69, 9.17) is 18.1 Å². The summed E-state index contributed by atoms with van der Waals surface area (Å²) in [4.78, 5) is 0. The Balaban J connectivity index is 1.97. The zero-order valence-corrected chi connectivity index (χ0v) is 11.6. The first-order valence-electron chi connectivity index (χ1n) is 7.18. The number of aliphatic hydroxyl groups is 1. The molecule has 0 unspecified atom stereocenters. The van der Waals surface area contributed by atoms with Gasteiger partial charge in [0.05, 0.1) is 0 Å². The van der Waals surface area contributed by atoms with Crippen LogP contribution in [0.3, 0.4) is 0 Å². The van der Waals surface area contributed by atoms with Crippen LogP contribution in [0.4, 0.5) is 0 Å². The Hall–Kier alpha value is -0.390. The number of rotatable bonds is 0. The predicted molar refractivity (Wildman–Crippen MR) is 74.5 cm³/mol. The van der Waals surface area contributed by atoms with Gasteiger partial charge in [0.2, 0.25) is 0 Å². The highest BCUT2D eigenvalue weighted by atomic mass is 32.1. The normalized spacial score (nSPS) is 39.3. The van der Waals surface area contributed by atoms with Gasteiger partial charge in [0, 0.05) is 11.5 Å². The van der Waals surface area contributed by atoms with Gasteiger partial charge < -0.3 is 10.4 Å². The topological polar surface area (TPSA) is 61.5 Å². The Kier molecular flexibility index (Phi) is 3.03. The highest BCUT2D eigenvalue weighted by Crippen LogP contribution is 2.49. The zero-order valence-electron chi connectivity index (χ0n) is 10.8. The second-order valence-electron chi connectivity index (χ2n) is 6.19. The second-order valence-corrected chi connectivity index (χ2v) is 6.58. The molecule has 0 aromatic carbocycles. The lowest BCUT2D eigenvalue weighted by molar-refractivity contribution is -0.182. The Labute approximate surface area is 114 Å². The SMILES string of the molecule is NN1C(=S)NC2(CCCCC2)[C@@H]2CCCC[C@]21O. The van der Waals surface area contributed by atoms with Gasteiger partial charge in [-0.25, -0.2) is 5.84 Å². The molecule has 3 rings (SSSR count). The first-order chi connectivity index (χ1) is 8.58. The average molecular weight is 269 g/mol. The highest BCUT2D eigenvalue weighted by molar-refractivity contribution is 7.80. The molecule has 2 aliphatic carbocycles. The van der Waals surface area contributed by atoms with E-state index in [1.807, 2.05) is 0 Å². The van der Waals surface area contributed by atoms with Crippen LogP contribution in [0, 0.1) is 5.92 Å². The van der Waals surface area contributed by atoms with Crippen LogP contribution in [0.2, 0.25) is 0 Å². The summed E-state index contributed by atoms with van der Waals surface area (Å²) in [6.45, 7) is 0. The molecule has 0 amide bonds. The number of hydrogen-bond acceptors (Lipinski definition) is 3. The van der Waals surface area contributed by atoms with E-state index in [1.54, 1.807) is 0 Å². The van der Waals surface area contributed by atoms with Crippen molar-refractivity contribution in [3.63, 3.8) is 0 Å². The number of thiocarbonyl (C=S) groups is 1. The van der Waals surface area contributed by atoms with Crippen molar-refractivity contribution >= 4 is 17.3 Å². The van der Waals surface area contributed by atoms with Gasteiger partial charge in [-0.3, -0.25) is 5.01 Å². The Morgan fingerprint density at radius 3 is 2.56 bits per heavy atom. The summed E-state index contributed by atoms with van der Waals surface area (Å²) in [6, 6.07) is 0. The van der Waals surface area contributed by atoms with Crippen LogP contribution in [-0.4, -0.2) is 26.5 Å². The molecule has 1 saturated heterocycles. The number of nitrogens with two attached hydrogens (primary N) is 1. The molecule has 5 heteroatoms. The molecule has 2 atom stereocenters. The quantitative estimate of drug-likeness (QED) is 0.461. The van der Waals surface area contributed by atoms with Crippen LogP contribution < -0.4 is 11.2 Å². The third-order valence-corrected chi connectivity index (χ3v) is 5.55. The van der Waals surface area contributed by atoms with Crippen molar-refractivity contribution in [2.24, 2.45) is 11.8 Å². The zero-order chi connectivity index (χ0) is 12.8. The molecule has 0 radical (unpaired) electrons. The van der Waals surface area contributed by atoms with Crippen LogP contribution in [0.5, 0.6) is 0 Å². The monoisotopic (exact) mass is 269 g/mol. The Morgan fingerprint density at radius 2 is 1.83 bits per heavy atom. The minimum Gasteiger partial charge on any atom is -0.369 e. The summed E-state index contributed by atoms with van der Waals surface area (Å²) in [6.07, 6.45) is 10.0. The van der Waals surface area contributed by atoms with Crippen molar-refractivity contribution in [2.45, 2.75) is 69.1 Å². The summed E-state index contributed by atoms with van der Waals surface area (Å²) < 4.78 is 0. The van der Waals surface area contributed by atoms with Gasteiger partial charge in [-0.05, 0) is 44.3 Å². The van der Waals surface area contributed by atoms with Gasteiger partial charge >= 0.3 is 0 Å². The van der Waals surface area contributed by atoms with Crippen molar-refractivity contribution in [1.29, 1.82) is 0 Å². The van der Waals surface area contributed by atoms with E-state index in [0.717, 1.165) is 32.1 Å². The lowest BCUT2D eigenvalue weighted by atomic mass is 9.62. The lowest BCUT2D eigenvalue weighted by Crippen LogP contribution is -2.77. The maximum Gasteiger partial charge on any atom is 0.186 e. The molecule has 0 aromatic heterocycles. The molecule has 3 aliphatic rings. The van der Waals surface area contributed by atoms with Gasteiger partial charge in [0.15, 0.2) is 10.8 Å². The minimum absolute atomic E-state index is 0.000370.